The fourth-order valence-corrected chi connectivity index (χ4v) is 1.56. The van der Waals surface area contributed by atoms with Crippen LogP contribution in [0.4, 0.5) is 11.5 Å². The molecule has 15 heavy (non-hydrogen) atoms. The Hall–Kier alpha value is -2.03. The Morgan fingerprint density at radius 2 is 2.27 bits per heavy atom. The van der Waals surface area contributed by atoms with Gasteiger partial charge in [0.15, 0.2) is 0 Å². The fourth-order valence-electron chi connectivity index (χ4n) is 1.56. The number of pyridine rings is 1. The van der Waals surface area contributed by atoms with E-state index < -0.39 is 0 Å². The molecule has 76 valence electrons. The number of fused-ring (bicyclic) bond motifs is 1. The molecule has 1 heterocycles. The van der Waals surface area contributed by atoms with Gasteiger partial charge in [-0.1, -0.05) is 18.2 Å². The number of nitrogens with zero attached hydrogens (tertiary/aromatic N) is 1. The normalized spacial score (nSPS) is 10.1. The van der Waals surface area contributed by atoms with E-state index >= 15 is 0 Å². The van der Waals surface area contributed by atoms with Crippen molar-refractivity contribution in [2.45, 2.75) is 0 Å². The highest BCUT2D eigenvalue weighted by atomic mass is 15.0. The van der Waals surface area contributed by atoms with E-state index in [0.717, 1.165) is 22.3 Å². The molecule has 1 aromatic carbocycles. The zero-order valence-corrected chi connectivity index (χ0v) is 8.40. The van der Waals surface area contributed by atoms with Crippen molar-refractivity contribution in [1.29, 1.82) is 0 Å². The standard InChI is InChI=1S/C12H13N3/c1-2-7-14-12-11-9(6-8-15-12)4-3-5-10(11)13/h2-6,8H,1,7,13H2,(H,14,15). The van der Waals surface area contributed by atoms with Crippen LogP contribution in [0.5, 0.6) is 0 Å². The van der Waals surface area contributed by atoms with Crippen LogP contribution in [0.25, 0.3) is 10.8 Å². The first-order chi connectivity index (χ1) is 7.33. The van der Waals surface area contributed by atoms with Gasteiger partial charge < -0.3 is 11.1 Å². The third-order valence-corrected chi connectivity index (χ3v) is 2.24. The summed E-state index contributed by atoms with van der Waals surface area (Å²) >= 11 is 0. The largest absolute Gasteiger partial charge is 0.398 e. The Bertz CT molecular complexity index is 486. The lowest BCUT2D eigenvalue weighted by Crippen LogP contribution is -2.02. The summed E-state index contributed by atoms with van der Waals surface area (Å²) in [6, 6.07) is 7.79. The third-order valence-electron chi connectivity index (χ3n) is 2.24. The van der Waals surface area contributed by atoms with Crippen molar-refractivity contribution in [3.05, 3.63) is 43.1 Å². The Balaban J connectivity index is 2.58. The summed E-state index contributed by atoms with van der Waals surface area (Å²) < 4.78 is 0. The van der Waals surface area contributed by atoms with Crippen molar-refractivity contribution in [2.24, 2.45) is 0 Å². The minimum Gasteiger partial charge on any atom is -0.398 e. The maximum atomic E-state index is 5.92. The van der Waals surface area contributed by atoms with Gasteiger partial charge in [0.05, 0.1) is 0 Å². The van der Waals surface area contributed by atoms with Crippen LogP contribution in [0.3, 0.4) is 0 Å². The lowest BCUT2D eigenvalue weighted by molar-refractivity contribution is 1.25. The smallest absolute Gasteiger partial charge is 0.136 e. The summed E-state index contributed by atoms with van der Waals surface area (Å²) in [7, 11) is 0. The minimum atomic E-state index is 0.681. The van der Waals surface area contributed by atoms with Gasteiger partial charge >= 0.3 is 0 Å². The van der Waals surface area contributed by atoms with E-state index in [0.29, 0.717) is 6.54 Å². The second kappa shape index (κ2) is 4.00. The zero-order chi connectivity index (χ0) is 10.7. The summed E-state index contributed by atoms with van der Waals surface area (Å²) in [6.07, 6.45) is 3.56. The molecule has 0 bridgehead atoms. The molecule has 2 aromatic rings. The molecule has 1 aromatic heterocycles. The second-order valence-electron chi connectivity index (χ2n) is 3.27. The second-order valence-corrected chi connectivity index (χ2v) is 3.27. The van der Waals surface area contributed by atoms with Crippen molar-refractivity contribution in [2.75, 3.05) is 17.6 Å². The summed E-state index contributed by atoms with van der Waals surface area (Å²) in [5.41, 5.74) is 6.67. The molecule has 0 aliphatic carbocycles. The Morgan fingerprint density at radius 1 is 1.40 bits per heavy atom. The zero-order valence-electron chi connectivity index (χ0n) is 8.40. The van der Waals surface area contributed by atoms with Gasteiger partial charge in [-0.05, 0) is 17.5 Å². The first-order valence-corrected chi connectivity index (χ1v) is 4.81. The molecule has 2 rings (SSSR count). The van der Waals surface area contributed by atoms with E-state index in [2.05, 4.69) is 16.9 Å². The quantitative estimate of drug-likeness (QED) is 0.589. The van der Waals surface area contributed by atoms with Crippen molar-refractivity contribution in [1.82, 2.24) is 4.98 Å². The van der Waals surface area contributed by atoms with Crippen LogP contribution in [-0.2, 0) is 0 Å². The molecular formula is C12H13N3. The Labute approximate surface area is 88.6 Å². The molecule has 0 spiro atoms. The van der Waals surface area contributed by atoms with Crippen LogP contribution in [0, 0.1) is 0 Å². The van der Waals surface area contributed by atoms with Crippen LogP contribution in [0.15, 0.2) is 43.1 Å². The number of benzene rings is 1. The number of nitrogen functional groups attached to an aromatic ring is 1. The van der Waals surface area contributed by atoms with Crippen LogP contribution in [0.1, 0.15) is 0 Å². The molecule has 0 amide bonds. The van der Waals surface area contributed by atoms with Gasteiger partial charge in [-0.25, -0.2) is 4.98 Å². The van der Waals surface area contributed by atoms with E-state index in [1.54, 1.807) is 12.3 Å². The average molecular weight is 199 g/mol. The van der Waals surface area contributed by atoms with E-state index in [1.165, 1.54) is 0 Å². The molecule has 0 fully saturated rings. The number of hydrogen-bond acceptors (Lipinski definition) is 3. The van der Waals surface area contributed by atoms with Gasteiger partial charge in [0.2, 0.25) is 0 Å². The number of rotatable bonds is 3. The Morgan fingerprint density at radius 3 is 3.07 bits per heavy atom. The summed E-state index contributed by atoms with van der Waals surface area (Å²) in [4.78, 5) is 4.27. The van der Waals surface area contributed by atoms with Gasteiger partial charge in [0.25, 0.3) is 0 Å². The predicted molar refractivity (Wildman–Crippen MR) is 64.8 cm³/mol. The van der Waals surface area contributed by atoms with Crippen LogP contribution < -0.4 is 11.1 Å². The van der Waals surface area contributed by atoms with Crippen molar-refractivity contribution >= 4 is 22.3 Å². The molecule has 0 unspecified atom stereocenters. The molecule has 0 radical (unpaired) electrons. The third kappa shape index (κ3) is 1.76. The number of anilines is 2. The lowest BCUT2D eigenvalue weighted by atomic mass is 10.1. The summed E-state index contributed by atoms with van der Waals surface area (Å²) in [6.45, 7) is 4.34. The molecule has 0 aliphatic heterocycles. The van der Waals surface area contributed by atoms with Crippen LogP contribution in [0.2, 0.25) is 0 Å². The van der Waals surface area contributed by atoms with Gasteiger partial charge in [0.1, 0.15) is 5.82 Å². The van der Waals surface area contributed by atoms with Crippen molar-refractivity contribution < 1.29 is 0 Å². The number of hydrogen-bond donors (Lipinski definition) is 2. The number of nitrogens with two attached hydrogens (primary N) is 1. The average Bonchev–Trinajstić information content (AvgIpc) is 2.26. The lowest BCUT2D eigenvalue weighted by Gasteiger charge is -2.08. The van der Waals surface area contributed by atoms with E-state index in [9.17, 15) is 0 Å². The molecule has 3 nitrogen and oxygen atoms in total. The predicted octanol–water partition coefficient (Wildman–Crippen LogP) is 2.41. The molecule has 0 aliphatic rings. The minimum absolute atomic E-state index is 0.681. The first kappa shape index (κ1) is 9.52. The highest BCUT2D eigenvalue weighted by Gasteiger charge is 2.03. The molecule has 0 saturated heterocycles. The van der Waals surface area contributed by atoms with Gasteiger partial charge in [-0.2, -0.15) is 0 Å². The van der Waals surface area contributed by atoms with Gasteiger partial charge in [0, 0.05) is 23.8 Å². The first-order valence-electron chi connectivity index (χ1n) is 4.81. The Kier molecular flexibility index (Phi) is 2.54. The number of aromatic nitrogens is 1. The molecule has 3 N–H and O–H groups in total. The van der Waals surface area contributed by atoms with E-state index in [4.69, 9.17) is 5.73 Å². The SMILES string of the molecule is C=CCNc1nccc2cccc(N)c12. The molecule has 3 heteroatoms. The highest BCUT2D eigenvalue weighted by molar-refractivity contribution is 6.00. The molecular weight excluding hydrogens is 186 g/mol. The summed E-state index contributed by atoms with van der Waals surface area (Å²) in [5, 5.41) is 5.24. The van der Waals surface area contributed by atoms with Crippen LogP contribution in [-0.4, -0.2) is 11.5 Å². The van der Waals surface area contributed by atoms with Crippen molar-refractivity contribution in [3.8, 4) is 0 Å². The molecule has 0 atom stereocenters. The maximum absolute atomic E-state index is 5.92. The van der Waals surface area contributed by atoms with Crippen molar-refractivity contribution in [3.63, 3.8) is 0 Å². The fraction of sp³-hybridized carbons (Fsp3) is 0.0833. The maximum Gasteiger partial charge on any atom is 0.136 e. The molecule has 0 saturated carbocycles. The van der Waals surface area contributed by atoms with Crippen LogP contribution >= 0.6 is 0 Å². The number of nitrogens with one attached hydrogen (secondary N) is 1. The monoisotopic (exact) mass is 199 g/mol. The van der Waals surface area contributed by atoms with Gasteiger partial charge in [-0.3, -0.25) is 0 Å². The van der Waals surface area contributed by atoms with E-state index in [-0.39, 0.29) is 0 Å². The van der Waals surface area contributed by atoms with Gasteiger partial charge in [-0.15, -0.1) is 6.58 Å². The summed E-state index contributed by atoms with van der Waals surface area (Å²) in [5.74, 6) is 0.811. The van der Waals surface area contributed by atoms with E-state index in [1.807, 2.05) is 24.3 Å². The highest BCUT2D eigenvalue weighted by Crippen LogP contribution is 2.26. The topological polar surface area (TPSA) is 50.9 Å².